The Hall–Kier alpha value is -1.75. The smallest absolute Gasteiger partial charge is 0.163 e. The normalized spacial score (nSPS) is 11.0. The fraction of sp³-hybridized carbons (Fsp3) is 0.455. The second-order valence-corrected chi connectivity index (χ2v) is 6.92. The maximum Gasteiger partial charge on any atom is 0.163 e. The van der Waals surface area contributed by atoms with Crippen LogP contribution in [0, 0.1) is 6.92 Å². The van der Waals surface area contributed by atoms with E-state index in [-0.39, 0.29) is 0 Å². The van der Waals surface area contributed by atoms with Crippen molar-refractivity contribution >= 4 is 11.6 Å². The fourth-order valence-electron chi connectivity index (χ4n) is 2.91. The molecule has 0 aliphatic carbocycles. The van der Waals surface area contributed by atoms with Crippen molar-refractivity contribution in [3.05, 3.63) is 58.1 Å². The van der Waals surface area contributed by atoms with Crippen LogP contribution in [0.1, 0.15) is 30.5 Å². The summed E-state index contributed by atoms with van der Waals surface area (Å²) >= 11 is 6.48. The van der Waals surface area contributed by atoms with Crippen LogP contribution < -0.4 is 14.8 Å². The van der Waals surface area contributed by atoms with E-state index in [2.05, 4.69) is 43.1 Å². The van der Waals surface area contributed by atoms with Crippen molar-refractivity contribution in [2.24, 2.45) is 0 Å². The zero-order valence-corrected chi connectivity index (χ0v) is 17.6. The van der Waals surface area contributed by atoms with Gasteiger partial charge in [0.1, 0.15) is 6.61 Å². The zero-order valence-electron chi connectivity index (χ0n) is 16.8. The lowest BCUT2D eigenvalue weighted by Gasteiger charge is -2.18. The van der Waals surface area contributed by atoms with Crippen molar-refractivity contribution in [2.45, 2.75) is 33.9 Å². The zero-order chi connectivity index (χ0) is 19.6. The van der Waals surface area contributed by atoms with Gasteiger partial charge >= 0.3 is 0 Å². The van der Waals surface area contributed by atoms with Gasteiger partial charge in [0.05, 0.1) is 7.11 Å². The Morgan fingerprint density at radius 3 is 2.44 bits per heavy atom. The molecule has 1 N–H and O–H groups in total. The van der Waals surface area contributed by atoms with Gasteiger partial charge in [-0.2, -0.15) is 0 Å². The SMILES string of the molecule is CCN(CC)CCNCc1cc(OC)c(OCc2ccccc2C)cc1Cl. The van der Waals surface area contributed by atoms with Gasteiger partial charge in [0.15, 0.2) is 11.5 Å². The van der Waals surface area contributed by atoms with E-state index < -0.39 is 0 Å². The van der Waals surface area contributed by atoms with E-state index in [9.17, 15) is 0 Å². The van der Waals surface area contributed by atoms with E-state index in [1.54, 1.807) is 7.11 Å². The molecule has 0 amide bonds. The molecule has 0 saturated carbocycles. The van der Waals surface area contributed by atoms with E-state index in [0.29, 0.717) is 29.7 Å². The molecule has 0 unspecified atom stereocenters. The molecule has 0 saturated heterocycles. The Kier molecular flexibility index (Phi) is 8.92. The van der Waals surface area contributed by atoms with E-state index in [1.165, 1.54) is 5.56 Å². The number of hydrogen-bond donors (Lipinski definition) is 1. The molecule has 0 heterocycles. The molecule has 148 valence electrons. The molecule has 2 aromatic carbocycles. The largest absolute Gasteiger partial charge is 0.493 e. The van der Waals surface area contributed by atoms with Crippen LogP contribution in [-0.4, -0.2) is 38.2 Å². The van der Waals surface area contributed by atoms with E-state index in [1.807, 2.05) is 24.3 Å². The lowest BCUT2D eigenvalue weighted by Crippen LogP contribution is -2.31. The summed E-state index contributed by atoms with van der Waals surface area (Å²) in [6, 6.07) is 12.0. The molecule has 0 aromatic heterocycles. The molecule has 0 radical (unpaired) electrons. The molecule has 0 spiro atoms. The summed E-state index contributed by atoms with van der Waals surface area (Å²) in [5.41, 5.74) is 3.37. The monoisotopic (exact) mass is 390 g/mol. The fourth-order valence-corrected chi connectivity index (χ4v) is 3.13. The number of ether oxygens (including phenoxy) is 2. The molecular weight excluding hydrogens is 360 g/mol. The van der Waals surface area contributed by atoms with Crippen LogP contribution in [0.5, 0.6) is 11.5 Å². The number of rotatable bonds is 11. The highest BCUT2D eigenvalue weighted by atomic mass is 35.5. The van der Waals surface area contributed by atoms with Crippen LogP contribution in [0.4, 0.5) is 0 Å². The highest BCUT2D eigenvalue weighted by Gasteiger charge is 2.11. The lowest BCUT2D eigenvalue weighted by molar-refractivity contribution is 0.283. The Balaban J connectivity index is 1.98. The number of nitrogens with one attached hydrogen (secondary N) is 1. The number of likely N-dealkylation sites (N-methyl/N-ethyl adjacent to an activating group) is 1. The van der Waals surface area contributed by atoms with Crippen LogP contribution in [0.25, 0.3) is 0 Å². The lowest BCUT2D eigenvalue weighted by atomic mass is 10.1. The molecule has 4 nitrogen and oxygen atoms in total. The first kappa shape index (κ1) is 21.5. The van der Waals surface area contributed by atoms with Gasteiger partial charge in [-0.1, -0.05) is 49.7 Å². The van der Waals surface area contributed by atoms with Gasteiger partial charge in [-0.15, -0.1) is 0 Å². The predicted octanol–water partition coefficient (Wildman–Crippen LogP) is 4.67. The first-order valence-corrected chi connectivity index (χ1v) is 9.93. The summed E-state index contributed by atoms with van der Waals surface area (Å²) in [6.45, 7) is 11.7. The van der Waals surface area contributed by atoms with Gasteiger partial charge in [0.25, 0.3) is 0 Å². The molecular formula is C22H31ClN2O2. The highest BCUT2D eigenvalue weighted by molar-refractivity contribution is 6.31. The molecule has 5 heteroatoms. The van der Waals surface area contributed by atoms with Gasteiger partial charge < -0.3 is 19.7 Å². The third-order valence-electron chi connectivity index (χ3n) is 4.79. The summed E-state index contributed by atoms with van der Waals surface area (Å²) in [6.07, 6.45) is 0. The van der Waals surface area contributed by atoms with Crippen LogP contribution in [0.2, 0.25) is 5.02 Å². The Labute approximate surface area is 168 Å². The first-order chi connectivity index (χ1) is 13.1. The van der Waals surface area contributed by atoms with Crippen LogP contribution >= 0.6 is 11.6 Å². The Morgan fingerprint density at radius 2 is 1.78 bits per heavy atom. The highest BCUT2D eigenvalue weighted by Crippen LogP contribution is 2.34. The number of nitrogens with zero attached hydrogens (tertiary/aromatic N) is 1. The summed E-state index contributed by atoms with van der Waals surface area (Å²) in [7, 11) is 1.65. The standard InChI is InChI=1S/C22H31ClN2O2/c1-5-25(6-2)12-11-24-15-19-13-21(26-4)22(14-20(19)23)27-16-18-10-8-7-9-17(18)3/h7-10,13-14,24H,5-6,11-12,15-16H2,1-4H3. The summed E-state index contributed by atoms with van der Waals surface area (Å²) in [4.78, 5) is 2.39. The Morgan fingerprint density at radius 1 is 1.04 bits per heavy atom. The number of hydrogen-bond acceptors (Lipinski definition) is 4. The van der Waals surface area contributed by atoms with E-state index in [4.69, 9.17) is 21.1 Å². The van der Waals surface area contributed by atoms with Gasteiger partial charge in [0.2, 0.25) is 0 Å². The quantitative estimate of drug-likeness (QED) is 0.565. The van der Waals surface area contributed by atoms with Crippen LogP contribution in [-0.2, 0) is 13.2 Å². The second-order valence-electron chi connectivity index (χ2n) is 6.51. The number of aryl methyl sites for hydroxylation is 1. The predicted molar refractivity (Wildman–Crippen MR) is 113 cm³/mol. The number of halogens is 1. The van der Waals surface area contributed by atoms with Crippen LogP contribution in [0.3, 0.4) is 0 Å². The maximum atomic E-state index is 6.48. The van der Waals surface area contributed by atoms with Crippen molar-refractivity contribution in [3.63, 3.8) is 0 Å². The topological polar surface area (TPSA) is 33.7 Å². The third-order valence-corrected chi connectivity index (χ3v) is 5.14. The molecule has 0 fully saturated rings. The van der Waals surface area contributed by atoms with Crippen molar-refractivity contribution in [2.75, 3.05) is 33.3 Å². The summed E-state index contributed by atoms with van der Waals surface area (Å²) < 4.78 is 11.5. The molecule has 2 aromatic rings. The molecule has 27 heavy (non-hydrogen) atoms. The molecule has 2 rings (SSSR count). The van der Waals surface area contributed by atoms with Crippen molar-refractivity contribution < 1.29 is 9.47 Å². The minimum absolute atomic E-state index is 0.487. The average molecular weight is 391 g/mol. The molecule has 0 aliphatic rings. The van der Waals surface area contributed by atoms with E-state index in [0.717, 1.165) is 37.3 Å². The van der Waals surface area contributed by atoms with Crippen molar-refractivity contribution in [3.8, 4) is 11.5 Å². The summed E-state index contributed by atoms with van der Waals surface area (Å²) in [5.74, 6) is 1.37. The maximum absolute atomic E-state index is 6.48. The van der Waals surface area contributed by atoms with Crippen molar-refractivity contribution in [1.29, 1.82) is 0 Å². The molecule has 0 bridgehead atoms. The van der Waals surface area contributed by atoms with Crippen molar-refractivity contribution in [1.82, 2.24) is 10.2 Å². The Bertz CT molecular complexity index is 717. The molecule has 0 atom stereocenters. The average Bonchev–Trinajstić information content (AvgIpc) is 2.68. The van der Waals surface area contributed by atoms with Gasteiger partial charge in [-0.3, -0.25) is 0 Å². The van der Waals surface area contributed by atoms with Gasteiger partial charge in [-0.05, 0) is 42.8 Å². The first-order valence-electron chi connectivity index (χ1n) is 9.55. The minimum atomic E-state index is 0.487. The second kappa shape index (κ2) is 11.2. The number of methoxy groups -OCH3 is 1. The van der Waals surface area contributed by atoms with Gasteiger partial charge in [-0.25, -0.2) is 0 Å². The summed E-state index contributed by atoms with van der Waals surface area (Å²) in [5, 5.41) is 4.14. The third kappa shape index (κ3) is 6.42. The molecule has 0 aliphatic heterocycles. The minimum Gasteiger partial charge on any atom is -0.493 e. The van der Waals surface area contributed by atoms with Gasteiger partial charge in [0, 0.05) is 30.7 Å². The number of benzene rings is 2. The van der Waals surface area contributed by atoms with Crippen LogP contribution in [0.15, 0.2) is 36.4 Å². The van der Waals surface area contributed by atoms with E-state index >= 15 is 0 Å².